The van der Waals surface area contributed by atoms with E-state index in [1.165, 1.54) is 26.4 Å². The van der Waals surface area contributed by atoms with Gasteiger partial charge in [-0.25, -0.2) is 15.2 Å². The second-order valence-electron chi connectivity index (χ2n) is 7.29. The van der Waals surface area contributed by atoms with Crippen LogP contribution in [-0.2, 0) is 4.79 Å². The molecule has 0 aliphatic heterocycles. The Hall–Kier alpha value is -3.96. The maximum absolute atomic E-state index is 15.2. The molecule has 0 aliphatic rings. The van der Waals surface area contributed by atoms with Gasteiger partial charge in [0.2, 0.25) is 0 Å². The minimum Gasteiger partial charge on any atom is -0.493 e. The lowest BCUT2D eigenvalue weighted by molar-refractivity contribution is -0.129. The van der Waals surface area contributed by atoms with Gasteiger partial charge in [0.25, 0.3) is 11.8 Å². The predicted octanol–water partition coefficient (Wildman–Crippen LogP) is 3.59. The van der Waals surface area contributed by atoms with Gasteiger partial charge >= 0.3 is 0 Å². The van der Waals surface area contributed by atoms with Crippen molar-refractivity contribution in [3.63, 3.8) is 0 Å². The lowest BCUT2D eigenvalue weighted by atomic mass is 10.0. The minimum absolute atomic E-state index is 0.125. The number of nitrogen functional groups attached to an aromatic ring is 1. The Bertz CT molecular complexity index is 1270. The fourth-order valence-electron chi connectivity index (χ4n) is 3.28. The highest BCUT2D eigenvalue weighted by molar-refractivity contribution is 9.10. The first-order chi connectivity index (χ1) is 16.7. The van der Waals surface area contributed by atoms with Gasteiger partial charge in [0.15, 0.2) is 11.5 Å². The highest BCUT2D eigenvalue weighted by atomic mass is 79.9. The number of methoxy groups -OCH3 is 2. The number of rotatable bonds is 8. The number of hydrogen-bond acceptors (Lipinski definition) is 7. The SMILES string of the molecule is COc1cc(F)c(C(Nc2ccc(C(=N)N)cc2)C(=O)N(N)C(=O)c2ccccc2Br)cc1OC. The molecule has 0 aliphatic carbocycles. The number of nitrogens with two attached hydrogens (primary N) is 2. The zero-order chi connectivity index (χ0) is 25.7. The number of nitrogens with one attached hydrogen (secondary N) is 2. The molecule has 1 unspecified atom stereocenters. The summed E-state index contributed by atoms with van der Waals surface area (Å²) >= 11 is 3.27. The van der Waals surface area contributed by atoms with Gasteiger partial charge in [0.05, 0.1) is 19.8 Å². The number of imide groups is 1. The molecule has 182 valence electrons. The Morgan fingerprint density at radius 1 is 1.06 bits per heavy atom. The van der Waals surface area contributed by atoms with Crippen molar-refractivity contribution in [2.24, 2.45) is 11.6 Å². The summed E-state index contributed by atoms with van der Waals surface area (Å²) in [6, 6.07) is 13.6. The van der Waals surface area contributed by atoms with Crippen LogP contribution in [0.4, 0.5) is 10.1 Å². The van der Waals surface area contributed by atoms with E-state index in [1.807, 2.05) is 0 Å². The smallest absolute Gasteiger partial charge is 0.276 e. The molecule has 0 saturated carbocycles. The van der Waals surface area contributed by atoms with Crippen LogP contribution in [0.15, 0.2) is 65.1 Å². The average molecular weight is 544 g/mol. The van der Waals surface area contributed by atoms with Crippen LogP contribution in [0.5, 0.6) is 11.5 Å². The van der Waals surface area contributed by atoms with Gasteiger partial charge in [-0.15, -0.1) is 0 Å². The molecule has 2 amide bonds. The van der Waals surface area contributed by atoms with Crippen molar-refractivity contribution < 1.29 is 23.5 Å². The summed E-state index contributed by atoms with van der Waals surface area (Å²) in [7, 11) is 2.72. The van der Waals surface area contributed by atoms with E-state index in [2.05, 4.69) is 21.2 Å². The van der Waals surface area contributed by atoms with Crippen molar-refractivity contribution in [3.8, 4) is 11.5 Å². The maximum Gasteiger partial charge on any atom is 0.276 e. The summed E-state index contributed by atoms with van der Waals surface area (Å²) in [6.45, 7) is 0. The van der Waals surface area contributed by atoms with Crippen LogP contribution in [0.2, 0.25) is 0 Å². The highest BCUT2D eigenvalue weighted by Crippen LogP contribution is 2.34. The summed E-state index contributed by atoms with van der Waals surface area (Å²) in [5, 5.41) is 10.9. The number of benzene rings is 3. The molecule has 6 N–H and O–H groups in total. The molecular formula is C24H23BrFN5O4. The van der Waals surface area contributed by atoms with Gasteiger partial charge in [0.1, 0.15) is 17.7 Å². The number of hydrazine groups is 1. The molecule has 3 aromatic rings. The Morgan fingerprint density at radius 3 is 2.23 bits per heavy atom. The fourth-order valence-corrected chi connectivity index (χ4v) is 3.73. The molecule has 0 bridgehead atoms. The monoisotopic (exact) mass is 543 g/mol. The molecule has 0 radical (unpaired) electrons. The van der Waals surface area contributed by atoms with Gasteiger partial charge in [-0.3, -0.25) is 15.0 Å². The topological polar surface area (TPSA) is 144 Å². The van der Waals surface area contributed by atoms with Crippen molar-refractivity contribution in [1.29, 1.82) is 5.41 Å². The third-order valence-electron chi connectivity index (χ3n) is 5.13. The lowest BCUT2D eigenvalue weighted by Crippen LogP contribution is -2.47. The molecular weight excluding hydrogens is 521 g/mol. The normalized spacial score (nSPS) is 11.3. The number of carbonyl (C=O) groups is 2. The van der Waals surface area contributed by atoms with Crippen LogP contribution in [0.3, 0.4) is 0 Å². The Morgan fingerprint density at radius 2 is 1.66 bits per heavy atom. The largest absolute Gasteiger partial charge is 0.493 e. The molecule has 9 nitrogen and oxygen atoms in total. The van der Waals surface area contributed by atoms with E-state index in [9.17, 15) is 9.59 Å². The fraction of sp³-hybridized carbons (Fsp3) is 0.125. The first-order valence-electron chi connectivity index (χ1n) is 10.2. The van der Waals surface area contributed by atoms with E-state index in [4.69, 9.17) is 26.5 Å². The number of amidine groups is 1. The Kier molecular flexibility index (Phi) is 8.05. The van der Waals surface area contributed by atoms with Crippen molar-refractivity contribution in [2.75, 3.05) is 19.5 Å². The molecule has 35 heavy (non-hydrogen) atoms. The van der Waals surface area contributed by atoms with Gasteiger partial charge in [0, 0.05) is 27.4 Å². The van der Waals surface area contributed by atoms with Crippen molar-refractivity contribution in [2.45, 2.75) is 6.04 Å². The van der Waals surface area contributed by atoms with Gasteiger partial charge in [-0.2, -0.15) is 0 Å². The van der Waals surface area contributed by atoms with Crippen LogP contribution in [0.1, 0.15) is 27.5 Å². The Balaban J connectivity index is 2.05. The number of ether oxygens (including phenoxy) is 2. The number of hydrogen-bond donors (Lipinski definition) is 4. The molecule has 0 spiro atoms. The zero-order valence-electron chi connectivity index (χ0n) is 18.8. The van der Waals surface area contributed by atoms with E-state index in [0.717, 1.165) is 6.07 Å². The molecule has 0 heterocycles. The van der Waals surface area contributed by atoms with Crippen LogP contribution in [0.25, 0.3) is 0 Å². The minimum atomic E-state index is -1.42. The second kappa shape index (κ2) is 11.0. The highest BCUT2D eigenvalue weighted by Gasteiger charge is 2.32. The number of carbonyl (C=O) groups excluding carboxylic acids is 2. The van der Waals surface area contributed by atoms with Crippen molar-refractivity contribution in [1.82, 2.24) is 5.01 Å². The van der Waals surface area contributed by atoms with Crippen LogP contribution < -0.4 is 26.4 Å². The van der Waals surface area contributed by atoms with E-state index in [0.29, 0.717) is 20.7 Å². The van der Waals surface area contributed by atoms with Crippen LogP contribution in [0, 0.1) is 11.2 Å². The lowest BCUT2D eigenvalue weighted by Gasteiger charge is -2.25. The van der Waals surface area contributed by atoms with Gasteiger partial charge in [-0.05, 0) is 58.4 Å². The standard InChI is InChI=1S/C24H23BrFN5O4/c1-34-19-11-16(18(26)12-20(19)35-2)21(30-14-9-7-13(8-10-14)22(27)28)24(33)31(29)23(32)15-5-3-4-6-17(15)25/h3-12,21,30H,29H2,1-2H3,(H3,27,28). The van der Waals surface area contributed by atoms with E-state index >= 15 is 4.39 Å². The third kappa shape index (κ3) is 5.58. The molecule has 0 fully saturated rings. The molecule has 3 aromatic carbocycles. The molecule has 1 atom stereocenters. The number of amides is 2. The van der Waals surface area contributed by atoms with E-state index < -0.39 is 23.7 Å². The maximum atomic E-state index is 15.2. The molecule has 3 rings (SSSR count). The van der Waals surface area contributed by atoms with E-state index in [-0.39, 0.29) is 28.5 Å². The van der Waals surface area contributed by atoms with Crippen LogP contribution >= 0.6 is 15.9 Å². The number of nitrogens with zero attached hydrogens (tertiary/aromatic N) is 1. The summed E-state index contributed by atoms with van der Waals surface area (Å²) in [6.07, 6.45) is 0. The van der Waals surface area contributed by atoms with Gasteiger partial charge in [-0.1, -0.05) is 12.1 Å². The third-order valence-corrected chi connectivity index (χ3v) is 5.82. The summed E-state index contributed by atoms with van der Waals surface area (Å²) in [5.41, 5.74) is 6.37. The predicted molar refractivity (Wildman–Crippen MR) is 133 cm³/mol. The molecule has 11 heteroatoms. The summed E-state index contributed by atoms with van der Waals surface area (Å²) in [5.74, 6) is 3.61. The second-order valence-corrected chi connectivity index (χ2v) is 8.14. The van der Waals surface area contributed by atoms with Crippen LogP contribution in [-0.4, -0.2) is 36.9 Å². The first-order valence-corrected chi connectivity index (χ1v) is 11.0. The Labute approximate surface area is 209 Å². The summed E-state index contributed by atoms with van der Waals surface area (Å²) < 4.78 is 26.0. The molecule has 0 aromatic heterocycles. The average Bonchev–Trinajstić information content (AvgIpc) is 2.86. The number of anilines is 1. The summed E-state index contributed by atoms with van der Waals surface area (Å²) in [4.78, 5) is 26.4. The van der Waals surface area contributed by atoms with Crippen molar-refractivity contribution in [3.05, 3.63) is 87.6 Å². The van der Waals surface area contributed by atoms with Gasteiger partial charge < -0.3 is 20.5 Å². The quantitative estimate of drug-likeness (QED) is 0.112. The first kappa shape index (κ1) is 25.7. The molecule has 0 saturated heterocycles. The van der Waals surface area contributed by atoms with Crippen molar-refractivity contribution >= 4 is 39.3 Å². The number of halogens is 2. The van der Waals surface area contributed by atoms with E-state index in [1.54, 1.807) is 42.5 Å². The zero-order valence-corrected chi connectivity index (χ0v) is 20.4.